The summed E-state index contributed by atoms with van der Waals surface area (Å²) < 4.78 is 0. The molecule has 2 aliphatic rings. The zero-order chi connectivity index (χ0) is 24.3. The minimum atomic E-state index is -0.593. The van der Waals surface area contributed by atoms with E-state index in [0.29, 0.717) is 24.3 Å². The molecule has 1 unspecified atom stereocenters. The first-order valence-corrected chi connectivity index (χ1v) is 12.7. The van der Waals surface area contributed by atoms with E-state index in [-0.39, 0.29) is 23.8 Å². The lowest BCUT2D eigenvalue weighted by molar-refractivity contribution is -0.134. The van der Waals surface area contributed by atoms with Crippen molar-refractivity contribution in [3.8, 4) is 0 Å². The van der Waals surface area contributed by atoms with Crippen LogP contribution in [0.2, 0.25) is 5.02 Å². The van der Waals surface area contributed by atoms with Crippen LogP contribution in [0.15, 0.2) is 48.5 Å². The molecule has 0 bridgehead atoms. The van der Waals surface area contributed by atoms with Gasteiger partial charge in [-0.05, 0) is 75.1 Å². The molecule has 0 spiro atoms. The summed E-state index contributed by atoms with van der Waals surface area (Å²) >= 11 is 6.60. The third-order valence-corrected chi connectivity index (χ3v) is 7.91. The molecule has 2 aromatic rings. The number of hydrogen-bond donors (Lipinski definition) is 1. The second kappa shape index (κ2) is 10.5. The molecule has 1 aliphatic carbocycles. The van der Waals surface area contributed by atoms with Gasteiger partial charge in [-0.3, -0.25) is 9.59 Å². The predicted molar refractivity (Wildman–Crippen MR) is 136 cm³/mol. The first kappa shape index (κ1) is 24.7. The summed E-state index contributed by atoms with van der Waals surface area (Å²) in [5, 5.41) is 10.8. The fraction of sp³-hybridized carbons (Fsp3) is 0.500. The van der Waals surface area contributed by atoms with E-state index in [0.717, 1.165) is 55.5 Å². The van der Waals surface area contributed by atoms with Gasteiger partial charge in [-0.25, -0.2) is 0 Å². The monoisotopic (exact) mass is 482 g/mol. The third-order valence-electron chi connectivity index (χ3n) is 7.56. The van der Waals surface area contributed by atoms with E-state index in [4.69, 9.17) is 11.6 Å². The van der Waals surface area contributed by atoms with Gasteiger partial charge < -0.3 is 14.9 Å². The van der Waals surface area contributed by atoms with Crippen molar-refractivity contribution in [1.82, 2.24) is 4.90 Å². The quantitative estimate of drug-likeness (QED) is 0.602. The number of benzene rings is 2. The number of rotatable bonds is 7. The van der Waals surface area contributed by atoms with Crippen LogP contribution in [-0.2, 0) is 22.4 Å². The minimum Gasteiger partial charge on any atom is -0.390 e. The normalized spacial score (nSPS) is 24.9. The maximum Gasteiger partial charge on any atom is 0.227 e. The van der Waals surface area contributed by atoms with Gasteiger partial charge in [-0.1, -0.05) is 48.0 Å². The third kappa shape index (κ3) is 5.81. The maximum absolute atomic E-state index is 13.1. The van der Waals surface area contributed by atoms with Crippen molar-refractivity contribution >= 4 is 29.1 Å². The van der Waals surface area contributed by atoms with Gasteiger partial charge in [0.25, 0.3) is 0 Å². The number of aryl methyl sites for hydroxylation is 1. The van der Waals surface area contributed by atoms with Crippen LogP contribution in [-0.4, -0.2) is 47.1 Å². The van der Waals surface area contributed by atoms with Gasteiger partial charge in [0.05, 0.1) is 5.60 Å². The first-order valence-electron chi connectivity index (χ1n) is 12.4. The van der Waals surface area contributed by atoms with Gasteiger partial charge in [0, 0.05) is 42.7 Å². The van der Waals surface area contributed by atoms with E-state index >= 15 is 0 Å². The Kier molecular flexibility index (Phi) is 7.63. The number of likely N-dealkylation sites (tertiary alicyclic amines) is 1. The zero-order valence-corrected chi connectivity index (χ0v) is 20.9. The molecule has 2 amide bonds. The number of carbonyl (C=O) groups excluding carboxylic acids is 2. The van der Waals surface area contributed by atoms with E-state index in [1.807, 2.05) is 60.4 Å². The lowest BCUT2D eigenvalue weighted by Crippen LogP contribution is -2.43. The molecular formula is C28H35ClN2O3. The Morgan fingerprint density at radius 2 is 1.85 bits per heavy atom. The number of aliphatic hydroxyl groups is 1. The van der Waals surface area contributed by atoms with Crippen molar-refractivity contribution in [2.24, 2.45) is 5.92 Å². The molecule has 5 nitrogen and oxygen atoms in total. The van der Waals surface area contributed by atoms with Crippen LogP contribution in [0.1, 0.15) is 56.6 Å². The highest BCUT2D eigenvalue weighted by atomic mass is 35.5. The molecule has 182 valence electrons. The topological polar surface area (TPSA) is 60.9 Å². The molecule has 2 aromatic carbocycles. The molecule has 1 saturated heterocycles. The number of hydrogen-bond acceptors (Lipinski definition) is 3. The van der Waals surface area contributed by atoms with E-state index in [2.05, 4.69) is 0 Å². The summed E-state index contributed by atoms with van der Waals surface area (Å²) in [6.07, 6.45) is 5.81. The van der Waals surface area contributed by atoms with Crippen molar-refractivity contribution in [2.45, 2.75) is 69.9 Å². The van der Waals surface area contributed by atoms with Crippen LogP contribution in [0.25, 0.3) is 0 Å². The van der Waals surface area contributed by atoms with Gasteiger partial charge in [-0.2, -0.15) is 0 Å². The Hall–Kier alpha value is -2.37. The van der Waals surface area contributed by atoms with Crippen LogP contribution in [0, 0.1) is 5.92 Å². The van der Waals surface area contributed by atoms with E-state index in [9.17, 15) is 14.7 Å². The van der Waals surface area contributed by atoms with Gasteiger partial charge >= 0.3 is 0 Å². The summed E-state index contributed by atoms with van der Waals surface area (Å²) in [7, 11) is 1.78. The largest absolute Gasteiger partial charge is 0.390 e. The molecule has 1 atom stereocenters. The number of nitrogens with zero attached hydrogens (tertiary/aromatic N) is 2. The Morgan fingerprint density at radius 1 is 1.15 bits per heavy atom. The first-order chi connectivity index (χ1) is 16.2. The molecule has 2 fully saturated rings. The van der Waals surface area contributed by atoms with Crippen LogP contribution in [0.3, 0.4) is 0 Å². The highest BCUT2D eigenvalue weighted by Gasteiger charge is 2.39. The predicted octanol–water partition coefficient (Wildman–Crippen LogP) is 5.02. The zero-order valence-electron chi connectivity index (χ0n) is 20.2. The number of anilines is 1. The van der Waals surface area contributed by atoms with Crippen LogP contribution >= 0.6 is 11.6 Å². The van der Waals surface area contributed by atoms with E-state index in [1.54, 1.807) is 11.9 Å². The molecule has 6 heteroatoms. The molecule has 4 rings (SSSR count). The Labute approximate surface area is 207 Å². The van der Waals surface area contributed by atoms with Gasteiger partial charge in [-0.15, -0.1) is 0 Å². The van der Waals surface area contributed by atoms with Crippen molar-refractivity contribution in [3.05, 3.63) is 64.7 Å². The average Bonchev–Trinajstić information content (AvgIpc) is 3.19. The van der Waals surface area contributed by atoms with E-state index in [1.165, 1.54) is 0 Å². The highest BCUT2D eigenvalue weighted by molar-refractivity contribution is 6.31. The Morgan fingerprint density at radius 3 is 2.53 bits per heavy atom. The second-order valence-corrected chi connectivity index (χ2v) is 10.6. The molecular weight excluding hydrogens is 448 g/mol. The summed E-state index contributed by atoms with van der Waals surface area (Å²) in [6, 6.07) is 15.9. The molecule has 1 N–H and O–H groups in total. The number of halogens is 1. The smallest absolute Gasteiger partial charge is 0.227 e. The Bertz CT molecular complexity index is 1010. The standard InChI is InChI=1S/C28H35ClN2O3/c1-28(34)15-12-23(13-16-28)31-17-14-22(27(31)33)18-21-9-10-24(19-25(21)29)30(2)26(32)11-8-20-6-4-3-5-7-20/h3-7,9-10,19,22-23,34H,8,11-18H2,1-2H3. The van der Waals surface area contributed by atoms with Gasteiger partial charge in [0.2, 0.25) is 11.8 Å². The molecule has 1 heterocycles. The van der Waals surface area contributed by atoms with Crippen molar-refractivity contribution in [2.75, 3.05) is 18.5 Å². The van der Waals surface area contributed by atoms with Crippen LogP contribution < -0.4 is 4.90 Å². The summed E-state index contributed by atoms with van der Waals surface area (Å²) in [5.74, 6) is 0.191. The molecule has 0 aromatic heterocycles. The summed E-state index contributed by atoms with van der Waals surface area (Å²) in [4.78, 5) is 29.5. The van der Waals surface area contributed by atoms with Gasteiger partial charge in [0.1, 0.15) is 0 Å². The highest BCUT2D eigenvalue weighted by Crippen LogP contribution is 2.35. The van der Waals surface area contributed by atoms with Crippen LogP contribution in [0.5, 0.6) is 0 Å². The number of carbonyl (C=O) groups is 2. The van der Waals surface area contributed by atoms with E-state index < -0.39 is 5.60 Å². The van der Waals surface area contributed by atoms with Gasteiger partial charge in [0.15, 0.2) is 0 Å². The molecule has 34 heavy (non-hydrogen) atoms. The maximum atomic E-state index is 13.1. The lowest BCUT2D eigenvalue weighted by atomic mass is 9.83. The fourth-order valence-corrected chi connectivity index (χ4v) is 5.49. The molecule has 1 aliphatic heterocycles. The molecule has 1 saturated carbocycles. The lowest BCUT2D eigenvalue weighted by Gasteiger charge is -2.37. The summed E-state index contributed by atoms with van der Waals surface area (Å²) in [6.45, 7) is 2.67. The van der Waals surface area contributed by atoms with Crippen molar-refractivity contribution in [3.63, 3.8) is 0 Å². The van der Waals surface area contributed by atoms with Crippen molar-refractivity contribution in [1.29, 1.82) is 0 Å². The second-order valence-electron chi connectivity index (χ2n) is 10.2. The van der Waals surface area contributed by atoms with Crippen LogP contribution in [0.4, 0.5) is 5.69 Å². The Balaban J connectivity index is 1.33. The molecule has 0 radical (unpaired) electrons. The SMILES string of the molecule is CN(C(=O)CCc1ccccc1)c1ccc(CC2CCN(C3CCC(C)(O)CC3)C2=O)c(Cl)c1. The fourth-order valence-electron chi connectivity index (χ4n) is 5.23. The summed E-state index contributed by atoms with van der Waals surface area (Å²) in [5.41, 5.74) is 2.26. The minimum absolute atomic E-state index is 0.0424. The average molecular weight is 483 g/mol. The number of amides is 2. The van der Waals surface area contributed by atoms with Crippen molar-refractivity contribution < 1.29 is 14.7 Å².